The van der Waals surface area contributed by atoms with Crippen LogP contribution < -0.4 is 5.32 Å². The molecule has 1 fully saturated rings. The van der Waals surface area contributed by atoms with Gasteiger partial charge in [-0.2, -0.15) is 0 Å². The Morgan fingerprint density at radius 2 is 2.06 bits per heavy atom. The van der Waals surface area contributed by atoms with Gasteiger partial charge in [-0.15, -0.1) is 0 Å². The third-order valence-corrected chi connectivity index (χ3v) is 3.72. The van der Waals surface area contributed by atoms with Crippen molar-refractivity contribution in [2.45, 2.75) is 52.1 Å². The lowest BCUT2D eigenvalue weighted by Crippen LogP contribution is -2.57. The highest BCUT2D eigenvalue weighted by Gasteiger charge is 2.27. The summed E-state index contributed by atoms with van der Waals surface area (Å²) < 4.78 is 5.09. The number of nitrogens with one attached hydrogen (secondary N) is 1. The quantitative estimate of drug-likeness (QED) is 0.692. The van der Waals surface area contributed by atoms with Crippen molar-refractivity contribution in [3.8, 4) is 0 Å². The number of methoxy groups -OCH3 is 1. The van der Waals surface area contributed by atoms with E-state index < -0.39 is 0 Å². The van der Waals surface area contributed by atoms with Crippen molar-refractivity contribution < 1.29 is 4.74 Å². The molecule has 0 spiro atoms. The van der Waals surface area contributed by atoms with E-state index in [9.17, 15) is 0 Å². The molecule has 1 N–H and O–H groups in total. The van der Waals surface area contributed by atoms with Crippen LogP contribution >= 0.6 is 0 Å². The summed E-state index contributed by atoms with van der Waals surface area (Å²) in [5.41, 5.74) is 0. The van der Waals surface area contributed by atoms with E-state index in [4.69, 9.17) is 4.74 Å². The average Bonchev–Trinajstić information content (AvgIpc) is 2.28. The second-order valence-electron chi connectivity index (χ2n) is 5.67. The SMILES string of the molecule is COCCCCCN1CC(C)NCC1C(C)C. The summed E-state index contributed by atoms with van der Waals surface area (Å²) in [4.78, 5) is 2.68. The van der Waals surface area contributed by atoms with Crippen molar-refractivity contribution in [2.75, 3.05) is 33.4 Å². The molecule has 0 bridgehead atoms. The molecule has 0 radical (unpaired) electrons. The fourth-order valence-electron chi connectivity index (χ4n) is 2.66. The van der Waals surface area contributed by atoms with Crippen LogP contribution in [0.25, 0.3) is 0 Å². The van der Waals surface area contributed by atoms with Gasteiger partial charge in [-0.05, 0) is 38.6 Å². The zero-order chi connectivity index (χ0) is 12.7. The van der Waals surface area contributed by atoms with Gasteiger partial charge in [-0.3, -0.25) is 4.90 Å². The molecule has 0 aromatic carbocycles. The lowest BCUT2D eigenvalue weighted by molar-refractivity contribution is 0.0996. The Balaban J connectivity index is 2.26. The van der Waals surface area contributed by atoms with E-state index in [1.165, 1.54) is 32.4 Å². The van der Waals surface area contributed by atoms with Gasteiger partial charge in [-0.25, -0.2) is 0 Å². The summed E-state index contributed by atoms with van der Waals surface area (Å²) >= 11 is 0. The van der Waals surface area contributed by atoms with Gasteiger partial charge < -0.3 is 10.1 Å². The van der Waals surface area contributed by atoms with Gasteiger partial charge in [0.1, 0.15) is 0 Å². The largest absolute Gasteiger partial charge is 0.385 e. The molecule has 17 heavy (non-hydrogen) atoms. The van der Waals surface area contributed by atoms with Crippen LogP contribution in [-0.4, -0.2) is 50.3 Å². The van der Waals surface area contributed by atoms with E-state index in [0.29, 0.717) is 12.1 Å². The number of rotatable bonds is 7. The van der Waals surface area contributed by atoms with Crippen LogP contribution in [0.4, 0.5) is 0 Å². The third-order valence-electron chi connectivity index (χ3n) is 3.72. The predicted octanol–water partition coefficient (Wildman–Crippen LogP) is 2.12. The van der Waals surface area contributed by atoms with Crippen LogP contribution in [0.15, 0.2) is 0 Å². The average molecular weight is 242 g/mol. The smallest absolute Gasteiger partial charge is 0.0462 e. The Bertz CT molecular complexity index is 197. The van der Waals surface area contributed by atoms with E-state index >= 15 is 0 Å². The number of piperazine rings is 1. The Labute approximate surface area is 107 Å². The maximum absolute atomic E-state index is 5.09. The van der Waals surface area contributed by atoms with Gasteiger partial charge in [0.05, 0.1) is 0 Å². The van der Waals surface area contributed by atoms with Crippen molar-refractivity contribution in [2.24, 2.45) is 5.92 Å². The van der Waals surface area contributed by atoms with E-state index in [1.807, 2.05) is 0 Å². The maximum Gasteiger partial charge on any atom is 0.0462 e. The molecule has 3 heteroatoms. The normalized spacial score (nSPS) is 26.6. The number of hydrogen-bond donors (Lipinski definition) is 1. The monoisotopic (exact) mass is 242 g/mol. The molecule has 0 aromatic rings. The molecule has 0 aromatic heterocycles. The van der Waals surface area contributed by atoms with Crippen molar-refractivity contribution in [1.82, 2.24) is 10.2 Å². The Morgan fingerprint density at radius 1 is 1.29 bits per heavy atom. The number of nitrogens with zero attached hydrogens (tertiary/aromatic N) is 1. The highest BCUT2D eigenvalue weighted by Crippen LogP contribution is 2.16. The first-order valence-electron chi connectivity index (χ1n) is 7.11. The highest BCUT2D eigenvalue weighted by atomic mass is 16.5. The van der Waals surface area contributed by atoms with Crippen LogP contribution in [0.2, 0.25) is 0 Å². The van der Waals surface area contributed by atoms with Gasteiger partial charge in [0.15, 0.2) is 0 Å². The van der Waals surface area contributed by atoms with Gasteiger partial charge in [0, 0.05) is 38.9 Å². The topological polar surface area (TPSA) is 24.5 Å². The van der Waals surface area contributed by atoms with Gasteiger partial charge in [0.2, 0.25) is 0 Å². The molecule has 2 atom stereocenters. The Kier molecular flexibility index (Phi) is 7.09. The van der Waals surface area contributed by atoms with Crippen molar-refractivity contribution in [3.63, 3.8) is 0 Å². The molecule has 0 amide bonds. The summed E-state index contributed by atoms with van der Waals surface area (Å²) in [6.07, 6.45) is 3.79. The zero-order valence-corrected chi connectivity index (χ0v) is 12.0. The fourth-order valence-corrected chi connectivity index (χ4v) is 2.66. The van der Waals surface area contributed by atoms with Crippen molar-refractivity contribution in [1.29, 1.82) is 0 Å². The molecule has 1 saturated heterocycles. The number of unbranched alkanes of at least 4 members (excludes halogenated alkanes) is 2. The maximum atomic E-state index is 5.09. The third kappa shape index (κ3) is 5.36. The lowest BCUT2D eigenvalue weighted by atomic mass is 9.98. The van der Waals surface area contributed by atoms with Crippen molar-refractivity contribution in [3.05, 3.63) is 0 Å². The molecule has 3 nitrogen and oxygen atoms in total. The standard InChI is InChI=1S/C14H30N2O/c1-12(2)14-10-15-13(3)11-16(14)8-6-5-7-9-17-4/h12-15H,5-11H2,1-4H3. The summed E-state index contributed by atoms with van der Waals surface area (Å²) in [7, 11) is 1.78. The molecule has 0 saturated carbocycles. The van der Waals surface area contributed by atoms with E-state index in [2.05, 4.69) is 31.0 Å². The lowest BCUT2D eigenvalue weighted by Gasteiger charge is -2.41. The number of ether oxygens (including phenoxy) is 1. The molecule has 0 aliphatic carbocycles. The Morgan fingerprint density at radius 3 is 2.71 bits per heavy atom. The van der Waals surface area contributed by atoms with Crippen LogP contribution in [-0.2, 0) is 4.74 Å². The number of hydrogen-bond acceptors (Lipinski definition) is 3. The van der Waals surface area contributed by atoms with E-state index in [0.717, 1.165) is 19.1 Å². The summed E-state index contributed by atoms with van der Waals surface area (Å²) in [6.45, 7) is 11.5. The molecule has 102 valence electrons. The Hall–Kier alpha value is -0.120. The molecule has 1 heterocycles. The predicted molar refractivity (Wildman–Crippen MR) is 73.4 cm³/mol. The minimum atomic E-state index is 0.643. The zero-order valence-electron chi connectivity index (χ0n) is 12.0. The van der Waals surface area contributed by atoms with Crippen LogP contribution in [0.5, 0.6) is 0 Å². The molecule has 1 aliphatic rings. The first-order valence-corrected chi connectivity index (χ1v) is 7.11. The van der Waals surface area contributed by atoms with Crippen LogP contribution in [0.1, 0.15) is 40.0 Å². The molecular formula is C14H30N2O. The highest BCUT2D eigenvalue weighted by molar-refractivity contribution is 4.85. The van der Waals surface area contributed by atoms with Crippen molar-refractivity contribution >= 4 is 0 Å². The van der Waals surface area contributed by atoms with Crippen LogP contribution in [0.3, 0.4) is 0 Å². The molecule has 1 aliphatic heterocycles. The second kappa shape index (κ2) is 8.06. The fraction of sp³-hybridized carbons (Fsp3) is 1.00. The summed E-state index contributed by atoms with van der Waals surface area (Å²) in [5, 5.41) is 3.59. The first kappa shape index (κ1) is 14.9. The minimum Gasteiger partial charge on any atom is -0.385 e. The summed E-state index contributed by atoms with van der Waals surface area (Å²) in [5.74, 6) is 0.744. The van der Waals surface area contributed by atoms with E-state index in [-0.39, 0.29) is 0 Å². The minimum absolute atomic E-state index is 0.643. The molecule has 2 unspecified atom stereocenters. The molecule has 1 rings (SSSR count). The summed E-state index contributed by atoms with van der Waals surface area (Å²) in [6, 6.07) is 1.36. The second-order valence-corrected chi connectivity index (χ2v) is 5.67. The molecular weight excluding hydrogens is 212 g/mol. The van der Waals surface area contributed by atoms with E-state index in [1.54, 1.807) is 7.11 Å². The van der Waals surface area contributed by atoms with Gasteiger partial charge in [0.25, 0.3) is 0 Å². The van der Waals surface area contributed by atoms with Gasteiger partial charge >= 0.3 is 0 Å². The first-order chi connectivity index (χ1) is 8.15. The van der Waals surface area contributed by atoms with Crippen LogP contribution in [0, 0.1) is 5.92 Å². The van der Waals surface area contributed by atoms with Gasteiger partial charge in [-0.1, -0.05) is 13.8 Å².